The molecule has 2 aliphatic rings. The van der Waals surface area contributed by atoms with Crippen molar-refractivity contribution >= 4 is 22.0 Å². The summed E-state index contributed by atoms with van der Waals surface area (Å²) in [6.07, 6.45) is 9.68. The molecule has 0 radical (unpaired) electrons. The average molecular weight is 398 g/mol. The van der Waals surface area contributed by atoms with Gasteiger partial charge in [0.1, 0.15) is 0 Å². The molecule has 28 heavy (non-hydrogen) atoms. The number of pyridine rings is 1. The quantitative estimate of drug-likeness (QED) is 0.741. The van der Waals surface area contributed by atoms with Crippen molar-refractivity contribution in [3.05, 3.63) is 65.5 Å². The highest BCUT2D eigenvalue weighted by molar-refractivity contribution is 7.89. The van der Waals surface area contributed by atoms with Crippen molar-refractivity contribution in [1.29, 1.82) is 0 Å². The van der Waals surface area contributed by atoms with Gasteiger partial charge in [-0.3, -0.25) is 9.78 Å². The molecular formula is C21H23N3O3S. The fraction of sp³-hybridized carbons (Fsp3) is 0.333. The van der Waals surface area contributed by atoms with E-state index in [1.165, 1.54) is 15.9 Å². The van der Waals surface area contributed by atoms with Crippen molar-refractivity contribution in [3.63, 3.8) is 0 Å². The van der Waals surface area contributed by atoms with Crippen molar-refractivity contribution in [1.82, 2.24) is 14.2 Å². The zero-order chi connectivity index (χ0) is 19.6. The number of sulfonamides is 1. The summed E-state index contributed by atoms with van der Waals surface area (Å²) in [7, 11) is -3.52. The molecule has 0 spiro atoms. The molecule has 1 fully saturated rings. The van der Waals surface area contributed by atoms with Gasteiger partial charge in [-0.1, -0.05) is 12.1 Å². The van der Waals surface area contributed by atoms with Crippen LogP contribution in [0, 0.1) is 0 Å². The average Bonchev–Trinajstić information content (AvgIpc) is 3.21. The first kappa shape index (κ1) is 18.8. The molecule has 6 nitrogen and oxygen atoms in total. The van der Waals surface area contributed by atoms with E-state index in [-0.39, 0.29) is 5.91 Å². The van der Waals surface area contributed by atoms with Crippen LogP contribution in [-0.4, -0.2) is 54.7 Å². The Morgan fingerprint density at radius 1 is 1.04 bits per heavy atom. The van der Waals surface area contributed by atoms with Crippen molar-refractivity contribution in [2.24, 2.45) is 0 Å². The minimum Gasteiger partial charge on any atom is -0.337 e. The zero-order valence-electron chi connectivity index (χ0n) is 15.6. The number of carbonyl (C=O) groups is 1. The summed E-state index contributed by atoms with van der Waals surface area (Å²) >= 11 is 0. The monoisotopic (exact) mass is 397 g/mol. The normalized spacial score (nSPS) is 17.8. The molecule has 1 amide bonds. The largest absolute Gasteiger partial charge is 0.337 e. The molecule has 0 N–H and O–H groups in total. The second kappa shape index (κ2) is 7.85. The number of benzene rings is 1. The Bertz CT molecular complexity index is 995. The molecule has 0 unspecified atom stereocenters. The van der Waals surface area contributed by atoms with Gasteiger partial charge >= 0.3 is 0 Å². The smallest absolute Gasteiger partial charge is 0.246 e. The second-order valence-corrected chi connectivity index (χ2v) is 9.07. The molecule has 2 heterocycles. The van der Waals surface area contributed by atoms with Crippen LogP contribution in [0.2, 0.25) is 0 Å². The number of amides is 1. The van der Waals surface area contributed by atoms with Crippen LogP contribution < -0.4 is 0 Å². The predicted molar refractivity (Wildman–Crippen MR) is 107 cm³/mol. The molecule has 146 valence electrons. The van der Waals surface area contributed by atoms with E-state index >= 15 is 0 Å². The maximum atomic E-state index is 13.0. The fourth-order valence-corrected chi connectivity index (χ4v) is 5.23. The molecule has 0 saturated carbocycles. The highest BCUT2D eigenvalue weighted by Crippen LogP contribution is 2.26. The summed E-state index contributed by atoms with van der Waals surface area (Å²) in [5, 5.41) is 0. The Hall–Kier alpha value is -2.51. The van der Waals surface area contributed by atoms with E-state index < -0.39 is 10.0 Å². The predicted octanol–water partition coefficient (Wildman–Crippen LogP) is 2.12. The molecule has 1 aliphatic heterocycles. The van der Waals surface area contributed by atoms with E-state index in [0.29, 0.717) is 31.1 Å². The summed E-state index contributed by atoms with van der Waals surface area (Å²) in [6, 6.07) is 9.17. The van der Waals surface area contributed by atoms with Gasteiger partial charge in [-0.05, 0) is 60.2 Å². The first-order valence-corrected chi connectivity index (χ1v) is 11.0. The van der Waals surface area contributed by atoms with Crippen LogP contribution in [-0.2, 0) is 27.7 Å². The Kier molecular flexibility index (Phi) is 5.28. The number of fused-ring (bicyclic) bond motifs is 1. The van der Waals surface area contributed by atoms with Crippen LogP contribution in [0.5, 0.6) is 0 Å². The van der Waals surface area contributed by atoms with E-state index in [2.05, 4.69) is 4.98 Å². The van der Waals surface area contributed by atoms with Crippen LogP contribution in [0.15, 0.2) is 53.7 Å². The van der Waals surface area contributed by atoms with Gasteiger partial charge in [-0.2, -0.15) is 4.31 Å². The molecule has 1 saturated heterocycles. The Morgan fingerprint density at radius 3 is 2.57 bits per heavy atom. The number of aryl methyl sites for hydroxylation is 2. The third-order valence-electron chi connectivity index (χ3n) is 5.36. The molecule has 7 heteroatoms. The number of nitrogens with zero attached hydrogens (tertiary/aromatic N) is 3. The third kappa shape index (κ3) is 3.86. The van der Waals surface area contributed by atoms with Gasteiger partial charge in [0.25, 0.3) is 0 Å². The molecule has 2 aromatic rings. The maximum Gasteiger partial charge on any atom is 0.246 e. The van der Waals surface area contributed by atoms with Gasteiger partial charge in [0.15, 0.2) is 0 Å². The minimum atomic E-state index is -3.52. The standard InChI is InChI=1S/C21H23N3O3S/c25-21(9-6-17-3-2-10-22-16-17)23-11-13-24(14-12-23)28(26,27)20-8-7-18-4-1-5-19(18)15-20/h2-3,6-10,15-16H,1,4-5,11-14H2/b9-6+. The molecule has 4 rings (SSSR count). The Labute approximate surface area is 165 Å². The van der Waals surface area contributed by atoms with Gasteiger partial charge < -0.3 is 4.90 Å². The van der Waals surface area contributed by atoms with Gasteiger partial charge in [0, 0.05) is 44.6 Å². The lowest BCUT2D eigenvalue weighted by molar-refractivity contribution is -0.127. The first-order chi connectivity index (χ1) is 13.5. The van der Waals surface area contributed by atoms with Crippen LogP contribution in [0.4, 0.5) is 0 Å². The van der Waals surface area contributed by atoms with Crippen LogP contribution in [0.25, 0.3) is 6.08 Å². The maximum absolute atomic E-state index is 13.0. The number of piperazine rings is 1. The van der Waals surface area contributed by atoms with Crippen LogP contribution in [0.3, 0.4) is 0 Å². The van der Waals surface area contributed by atoms with E-state index in [9.17, 15) is 13.2 Å². The summed E-state index contributed by atoms with van der Waals surface area (Å²) < 4.78 is 27.4. The molecule has 1 aliphatic carbocycles. The van der Waals surface area contributed by atoms with Crippen molar-refractivity contribution < 1.29 is 13.2 Å². The lowest BCUT2D eigenvalue weighted by Gasteiger charge is -2.33. The number of hydrogen-bond acceptors (Lipinski definition) is 4. The van der Waals surface area contributed by atoms with Gasteiger partial charge in [-0.15, -0.1) is 0 Å². The highest BCUT2D eigenvalue weighted by Gasteiger charge is 2.30. The zero-order valence-corrected chi connectivity index (χ0v) is 16.4. The van der Waals surface area contributed by atoms with Crippen LogP contribution in [0.1, 0.15) is 23.1 Å². The number of hydrogen-bond donors (Lipinski definition) is 0. The lowest BCUT2D eigenvalue weighted by Crippen LogP contribution is -2.50. The number of carbonyl (C=O) groups excluding carboxylic acids is 1. The third-order valence-corrected chi connectivity index (χ3v) is 7.26. The first-order valence-electron chi connectivity index (χ1n) is 9.53. The fourth-order valence-electron chi connectivity index (χ4n) is 3.75. The SMILES string of the molecule is O=C(/C=C/c1cccnc1)N1CCN(S(=O)(=O)c2ccc3c(c2)CCC3)CC1. The van der Waals surface area contributed by atoms with Crippen LogP contribution >= 0.6 is 0 Å². The Morgan fingerprint density at radius 2 is 1.82 bits per heavy atom. The summed E-state index contributed by atoms with van der Waals surface area (Å²) in [5.74, 6) is -0.113. The van der Waals surface area contributed by atoms with Gasteiger partial charge in [0.2, 0.25) is 15.9 Å². The highest BCUT2D eigenvalue weighted by atomic mass is 32.2. The molecule has 0 bridgehead atoms. The summed E-state index contributed by atoms with van der Waals surface area (Å²) in [5.41, 5.74) is 3.26. The van der Waals surface area contributed by atoms with E-state index in [0.717, 1.165) is 30.4 Å². The second-order valence-electron chi connectivity index (χ2n) is 7.13. The van der Waals surface area contributed by atoms with E-state index in [1.54, 1.807) is 29.4 Å². The van der Waals surface area contributed by atoms with Crippen molar-refractivity contribution in [3.8, 4) is 0 Å². The molecule has 1 aromatic heterocycles. The Balaban J connectivity index is 1.39. The molecular weight excluding hydrogens is 374 g/mol. The number of rotatable bonds is 4. The van der Waals surface area contributed by atoms with E-state index in [1.807, 2.05) is 24.3 Å². The molecule has 1 aromatic carbocycles. The topological polar surface area (TPSA) is 70.6 Å². The van der Waals surface area contributed by atoms with Gasteiger partial charge in [-0.25, -0.2) is 8.42 Å². The summed E-state index contributed by atoms with van der Waals surface area (Å²) in [4.78, 5) is 18.4. The molecule has 0 atom stereocenters. The summed E-state index contributed by atoms with van der Waals surface area (Å²) in [6.45, 7) is 1.40. The number of aromatic nitrogens is 1. The van der Waals surface area contributed by atoms with Gasteiger partial charge in [0.05, 0.1) is 4.90 Å². The van der Waals surface area contributed by atoms with Crippen molar-refractivity contribution in [2.45, 2.75) is 24.2 Å². The van der Waals surface area contributed by atoms with E-state index in [4.69, 9.17) is 0 Å². The van der Waals surface area contributed by atoms with Crippen molar-refractivity contribution in [2.75, 3.05) is 26.2 Å². The minimum absolute atomic E-state index is 0.113. The lowest BCUT2D eigenvalue weighted by atomic mass is 10.1.